The quantitative estimate of drug-likeness (QED) is 0.226. The maximum Gasteiger partial charge on any atom is 0.250 e. The molecule has 0 bridgehead atoms. The fourth-order valence-corrected chi connectivity index (χ4v) is 5.87. The zero-order valence-corrected chi connectivity index (χ0v) is 25.0. The Balaban J connectivity index is 1.95. The average Bonchev–Trinajstić information content (AvgIpc) is 3.73. The van der Waals surface area contributed by atoms with E-state index in [1.54, 1.807) is 13.2 Å². The van der Waals surface area contributed by atoms with Gasteiger partial charge in [0.15, 0.2) is 5.78 Å². The van der Waals surface area contributed by atoms with Crippen molar-refractivity contribution < 1.29 is 26.5 Å². The molecule has 220 valence electrons. The molecule has 1 aromatic heterocycles. The summed E-state index contributed by atoms with van der Waals surface area (Å²) in [4.78, 5) is 26.3. The van der Waals surface area contributed by atoms with Crippen molar-refractivity contribution in [3.05, 3.63) is 92.9 Å². The molecule has 0 saturated heterocycles. The Morgan fingerprint density at radius 1 is 1.05 bits per heavy atom. The Morgan fingerprint density at radius 2 is 1.68 bits per heavy atom. The molecule has 0 spiro atoms. The summed E-state index contributed by atoms with van der Waals surface area (Å²) in [5.74, 6) is -2.05. The van der Waals surface area contributed by atoms with Crippen LogP contribution in [-0.4, -0.2) is 28.1 Å². The van der Waals surface area contributed by atoms with Gasteiger partial charge in [0.2, 0.25) is 11.3 Å². The van der Waals surface area contributed by atoms with E-state index in [2.05, 4.69) is 9.44 Å². The van der Waals surface area contributed by atoms with Gasteiger partial charge in [0.05, 0.1) is 21.3 Å². The molecule has 3 aromatic rings. The number of nitrogens with zero attached hydrogens (tertiary/aromatic N) is 1. The van der Waals surface area contributed by atoms with Gasteiger partial charge in [0.1, 0.15) is 11.6 Å². The molecule has 4 rings (SSSR count). The number of benzene rings is 2. The molecular weight excluding hydrogens is 572 g/mol. The van der Waals surface area contributed by atoms with Crippen LogP contribution in [-0.2, 0) is 29.3 Å². The van der Waals surface area contributed by atoms with Crippen LogP contribution >= 0.6 is 0 Å². The van der Waals surface area contributed by atoms with Crippen molar-refractivity contribution in [1.29, 1.82) is 0 Å². The molecule has 0 radical (unpaired) electrons. The summed E-state index contributed by atoms with van der Waals surface area (Å²) >= 11 is -2.48. The molecule has 0 aliphatic heterocycles. The van der Waals surface area contributed by atoms with E-state index in [0.717, 1.165) is 25.0 Å². The zero-order chi connectivity index (χ0) is 30.2. The number of hydrogen-bond acceptors (Lipinski definition) is 4. The van der Waals surface area contributed by atoms with Gasteiger partial charge in [-0.25, -0.2) is 26.6 Å². The Morgan fingerprint density at radius 3 is 2.24 bits per heavy atom. The van der Waals surface area contributed by atoms with E-state index in [-0.39, 0.29) is 28.2 Å². The number of carbonyl (C=O) groups is 1. The first-order valence-electron chi connectivity index (χ1n) is 13.1. The van der Waals surface area contributed by atoms with E-state index in [1.165, 1.54) is 41.8 Å². The van der Waals surface area contributed by atoms with Gasteiger partial charge in [0.25, 0.3) is 5.56 Å². The van der Waals surface area contributed by atoms with Crippen LogP contribution in [0.15, 0.2) is 53.5 Å². The predicted molar refractivity (Wildman–Crippen MR) is 156 cm³/mol. The molecular formula is C29H33F2N3O5S2. The molecule has 1 aliphatic carbocycles. The van der Waals surface area contributed by atoms with Crippen LogP contribution < -0.4 is 15.0 Å². The fourth-order valence-electron chi connectivity index (χ4n) is 4.53. The maximum absolute atomic E-state index is 15.9. The topological polar surface area (TPSA) is 118 Å². The SMILES string of the molecule is CC(NS(=O)O)c1cc(-c2cn(C)c(=O)cc2[C@@H](NS(=O)C(C)(C)C)C2CC2)cc(C(=O)c2ccc(F)cc2)c1F. The van der Waals surface area contributed by atoms with Crippen LogP contribution in [0.5, 0.6) is 0 Å². The second kappa shape index (κ2) is 12.1. The molecule has 3 unspecified atom stereocenters. The number of carbonyl (C=O) groups excluding carboxylic acids is 1. The zero-order valence-electron chi connectivity index (χ0n) is 23.4. The van der Waals surface area contributed by atoms with E-state index < -0.39 is 56.5 Å². The number of aromatic nitrogens is 1. The van der Waals surface area contributed by atoms with Crippen molar-refractivity contribution in [2.45, 2.75) is 57.4 Å². The Labute approximate surface area is 242 Å². The summed E-state index contributed by atoms with van der Waals surface area (Å²) in [6, 6.07) is 7.55. The maximum atomic E-state index is 15.9. The fraction of sp³-hybridized carbons (Fsp3) is 0.379. The number of hydrogen-bond donors (Lipinski definition) is 3. The predicted octanol–water partition coefficient (Wildman–Crippen LogP) is 4.85. The van der Waals surface area contributed by atoms with Gasteiger partial charge in [-0.05, 0) is 94.0 Å². The van der Waals surface area contributed by atoms with Crippen molar-refractivity contribution in [2.75, 3.05) is 0 Å². The summed E-state index contributed by atoms with van der Waals surface area (Å²) in [5, 5.41) is 0. The van der Waals surface area contributed by atoms with Crippen molar-refractivity contribution >= 4 is 28.0 Å². The van der Waals surface area contributed by atoms with Crippen molar-refractivity contribution in [3.63, 3.8) is 0 Å². The number of rotatable bonds is 10. The molecule has 12 heteroatoms. The van der Waals surface area contributed by atoms with Gasteiger partial charge < -0.3 is 4.57 Å². The Kier molecular flexibility index (Phi) is 9.19. The minimum atomic E-state index is -2.48. The van der Waals surface area contributed by atoms with Crippen molar-refractivity contribution in [2.24, 2.45) is 13.0 Å². The van der Waals surface area contributed by atoms with Crippen LogP contribution in [0, 0.1) is 17.6 Å². The third-order valence-electron chi connectivity index (χ3n) is 6.99. The lowest BCUT2D eigenvalue weighted by atomic mass is 9.89. The molecule has 2 aromatic carbocycles. The summed E-state index contributed by atoms with van der Waals surface area (Å²) in [6.45, 7) is 6.99. The van der Waals surface area contributed by atoms with Crippen LogP contribution in [0.2, 0.25) is 0 Å². The molecule has 3 N–H and O–H groups in total. The van der Waals surface area contributed by atoms with Crippen LogP contribution in [0.25, 0.3) is 11.1 Å². The average molecular weight is 606 g/mol. The minimum Gasteiger partial charge on any atom is -0.318 e. The van der Waals surface area contributed by atoms with E-state index in [9.17, 15) is 27.0 Å². The van der Waals surface area contributed by atoms with Crippen molar-refractivity contribution in [3.8, 4) is 11.1 Å². The first-order valence-corrected chi connectivity index (χ1v) is 15.3. The molecule has 1 fully saturated rings. The number of halogens is 2. The summed E-state index contributed by atoms with van der Waals surface area (Å²) in [6.07, 6.45) is 3.31. The molecule has 1 heterocycles. The van der Waals surface area contributed by atoms with Crippen molar-refractivity contribution in [1.82, 2.24) is 14.0 Å². The highest BCUT2D eigenvalue weighted by Gasteiger charge is 2.37. The number of pyridine rings is 1. The second-order valence-corrected chi connectivity index (χ2v) is 14.0. The molecule has 1 saturated carbocycles. The highest BCUT2D eigenvalue weighted by atomic mass is 32.2. The number of aryl methyl sites for hydroxylation is 1. The van der Waals surface area contributed by atoms with E-state index in [4.69, 9.17) is 0 Å². The van der Waals surface area contributed by atoms with Crippen LogP contribution in [0.4, 0.5) is 8.78 Å². The smallest absolute Gasteiger partial charge is 0.250 e. The van der Waals surface area contributed by atoms with E-state index in [0.29, 0.717) is 16.7 Å². The molecule has 0 amide bonds. The van der Waals surface area contributed by atoms with E-state index in [1.807, 2.05) is 20.8 Å². The second-order valence-electron chi connectivity index (χ2n) is 11.3. The van der Waals surface area contributed by atoms with Crippen LogP contribution in [0.1, 0.15) is 79.7 Å². The molecule has 1 aliphatic rings. The van der Waals surface area contributed by atoms with Crippen LogP contribution in [0.3, 0.4) is 0 Å². The minimum absolute atomic E-state index is 0.0515. The molecule has 41 heavy (non-hydrogen) atoms. The third kappa shape index (κ3) is 7.12. The highest BCUT2D eigenvalue weighted by molar-refractivity contribution is 7.84. The van der Waals surface area contributed by atoms with Gasteiger partial charge >= 0.3 is 0 Å². The van der Waals surface area contributed by atoms with Gasteiger partial charge in [-0.2, -0.15) is 0 Å². The third-order valence-corrected chi connectivity index (χ3v) is 9.12. The normalized spacial score (nSPS) is 16.7. The summed E-state index contributed by atoms with van der Waals surface area (Å²) < 4.78 is 69.8. The Bertz CT molecular complexity index is 1580. The lowest BCUT2D eigenvalue weighted by molar-refractivity contribution is 0.103. The number of ketones is 1. The first-order chi connectivity index (χ1) is 19.2. The summed E-state index contributed by atoms with van der Waals surface area (Å²) in [7, 11) is 0.105. The van der Waals surface area contributed by atoms with E-state index >= 15 is 4.39 Å². The van der Waals surface area contributed by atoms with Gasteiger partial charge in [-0.15, -0.1) is 0 Å². The van der Waals surface area contributed by atoms with Gasteiger partial charge in [0, 0.05) is 48.1 Å². The van der Waals surface area contributed by atoms with Gasteiger partial charge in [-0.3, -0.25) is 14.1 Å². The lowest BCUT2D eigenvalue weighted by Gasteiger charge is -2.27. The highest BCUT2D eigenvalue weighted by Crippen LogP contribution is 2.44. The largest absolute Gasteiger partial charge is 0.318 e. The Hall–Kier alpha value is -2.90. The molecule has 4 atom stereocenters. The monoisotopic (exact) mass is 605 g/mol. The first kappa shape index (κ1) is 31.0. The van der Waals surface area contributed by atoms with Gasteiger partial charge in [-0.1, -0.05) is 0 Å². The molecule has 8 nitrogen and oxygen atoms in total. The lowest BCUT2D eigenvalue weighted by Crippen LogP contribution is -2.37. The number of nitrogens with one attached hydrogen (secondary N) is 2. The standard InChI is InChI=1S/C29H33F2N3O5S2/c1-16(32-41(38)39)21-12-19(13-23(26(21)31)28(36)18-8-10-20(30)11-9-18)24-15-34(5)25(35)14-22(24)27(17-6-7-17)33-40(37)29(2,3)4/h8-17,27,32-33H,6-7H2,1-5H3,(H,38,39)/t16?,27-,40?/m0/s1. The summed E-state index contributed by atoms with van der Waals surface area (Å²) in [5.41, 5.74) is 0.821.